The fourth-order valence-electron chi connectivity index (χ4n) is 4.15. The molecule has 0 aliphatic heterocycles. The van der Waals surface area contributed by atoms with Crippen LogP contribution in [0, 0.1) is 5.92 Å². The zero-order valence-corrected chi connectivity index (χ0v) is 19.2. The maximum Gasteiger partial charge on any atom is 0.293 e. The van der Waals surface area contributed by atoms with Crippen LogP contribution in [0.25, 0.3) is 22.8 Å². The number of carbonyl (C=O) groups excluding carboxylic acids is 2. The van der Waals surface area contributed by atoms with E-state index in [1.807, 2.05) is 41.3 Å². The highest BCUT2D eigenvalue weighted by atomic mass is 16.5. The van der Waals surface area contributed by atoms with E-state index in [4.69, 9.17) is 9.26 Å². The summed E-state index contributed by atoms with van der Waals surface area (Å²) in [4.78, 5) is 29.0. The minimum Gasteiger partial charge on any atom is -0.464 e. The summed E-state index contributed by atoms with van der Waals surface area (Å²) in [6.07, 6.45) is 2.31. The fraction of sp³-hybridized carbons (Fsp3) is 0.385. The molecule has 1 aliphatic carbocycles. The number of benzene rings is 2. The number of hydrogen-bond donors (Lipinski definition) is 0. The normalized spacial score (nSPS) is 17.5. The van der Waals surface area contributed by atoms with Crippen molar-refractivity contribution >= 4 is 12.4 Å². The van der Waals surface area contributed by atoms with Gasteiger partial charge in [-0.15, -0.1) is 0 Å². The van der Waals surface area contributed by atoms with Crippen molar-refractivity contribution in [1.29, 1.82) is 0 Å². The van der Waals surface area contributed by atoms with Crippen molar-refractivity contribution in [1.82, 2.24) is 15.0 Å². The van der Waals surface area contributed by atoms with Crippen molar-refractivity contribution in [2.24, 2.45) is 5.92 Å². The molecule has 2 aromatic carbocycles. The first kappa shape index (κ1) is 22.7. The van der Waals surface area contributed by atoms with E-state index >= 15 is 0 Å². The van der Waals surface area contributed by atoms with Crippen LogP contribution in [0.1, 0.15) is 44.7 Å². The Bertz CT molecular complexity index is 1080. The van der Waals surface area contributed by atoms with Crippen molar-refractivity contribution in [3.63, 3.8) is 0 Å². The van der Waals surface area contributed by atoms with Gasteiger partial charge in [-0.25, -0.2) is 0 Å². The van der Waals surface area contributed by atoms with Crippen LogP contribution in [-0.2, 0) is 27.3 Å². The molecule has 1 aromatic heterocycles. The molecule has 1 heterocycles. The Morgan fingerprint density at radius 1 is 1.09 bits per heavy atom. The molecule has 1 aliphatic rings. The van der Waals surface area contributed by atoms with Crippen molar-refractivity contribution in [2.45, 2.75) is 58.7 Å². The Morgan fingerprint density at radius 2 is 1.73 bits per heavy atom. The van der Waals surface area contributed by atoms with E-state index in [-0.39, 0.29) is 18.1 Å². The number of rotatable bonds is 9. The third-order valence-corrected chi connectivity index (χ3v) is 6.00. The lowest BCUT2D eigenvalue weighted by molar-refractivity contribution is -0.146. The summed E-state index contributed by atoms with van der Waals surface area (Å²) < 4.78 is 10.5. The Morgan fingerprint density at radius 3 is 2.33 bits per heavy atom. The van der Waals surface area contributed by atoms with Gasteiger partial charge in [0.25, 0.3) is 12.4 Å². The zero-order chi connectivity index (χ0) is 23.4. The number of carbonyl (C=O) groups is 2. The highest BCUT2D eigenvalue weighted by Gasteiger charge is 2.36. The second kappa shape index (κ2) is 9.98. The summed E-state index contributed by atoms with van der Waals surface area (Å²) in [5, 5.41) is 4.14. The average Bonchev–Trinajstić information content (AvgIpc) is 3.25. The van der Waals surface area contributed by atoms with Crippen LogP contribution in [0.3, 0.4) is 0 Å². The number of ether oxygens (including phenoxy) is 1. The molecule has 33 heavy (non-hydrogen) atoms. The highest BCUT2D eigenvalue weighted by molar-refractivity contribution is 5.74. The van der Waals surface area contributed by atoms with E-state index in [2.05, 4.69) is 36.1 Å². The Hall–Kier alpha value is -3.48. The van der Waals surface area contributed by atoms with Crippen LogP contribution in [0.5, 0.6) is 0 Å². The molecule has 172 valence electrons. The molecule has 0 unspecified atom stereocenters. The summed E-state index contributed by atoms with van der Waals surface area (Å²) >= 11 is 0. The first-order chi connectivity index (χ1) is 15.9. The van der Waals surface area contributed by atoms with Gasteiger partial charge in [0.15, 0.2) is 0 Å². The number of hydrogen-bond acceptors (Lipinski definition) is 6. The van der Waals surface area contributed by atoms with E-state index in [1.165, 1.54) is 5.56 Å². The lowest BCUT2D eigenvalue weighted by Gasteiger charge is -2.41. The molecule has 1 saturated carbocycles. The minimum atomic E-state index is -0.0874. The largest absolute Gasteiger partial charge is 0.464 e. The summed E-state index contributed by atoms with van der Waals surface area (Å²) in [6.45, 7) is 6.96. The first-order valence-corrected chi connectivity index (χ1v) is 11.3. The SMILES string of the molecule is CC(=O)N(Cc1ccc(-c2noc(-c3ccc(CC(C)C)cc3)n2)cc1)C1CC(OC=O)C1. The van der Waals surface area contributed by atoms with Gasteiger partial charge in [0.2, 0.25) is 11.7 Å². The molecule has 4 rings (SSSR count). The van der Waals surface area contributed by atoms with Gasteiger partial charge in [-0.2, -0.15) is 4.98 Å². The van der Waals surface area contributed by atoms with Crippen LogP contribution in [0.15, 0.2) is 53.1 Å². The predicted octanol–water partition coefficient (Wildman–Crippen LogP) is 4.65. The molecule has 0 N–H and O–H groups in total. The second-order valence-electron chi connectivity index (χ2n) is 9.04. The predicted molar refractivity (Wildman–Crippen MR) is 124 cm³/mol. The van der Waals surface area contributed by atoms with E-state index in [0.29, 0.717) is 43.5 Å². The van der Waals surface area contributed by atoms with Gasteiger partial charge in [0, 0.05) is 43.5 Å². The Kier molecular flexibility index (Phi) is 6.87. The van der Waals surface area contributed by atoms with E-state index in [9.17, 15) is 9.59 Å². The Labute approximate surface area is 193 Å². The van der Waals surface area contributed by atoms with E-state index in [1.54, 1.807) is 6.92 Å². The van der Waals surface area contributed by atoms with Crippen LogP contribution >= 0.6 is 0 Å². The summed E-state index contributed by atoms with van der Waals surface area (Å²) in [5.41, 5.74) is 4.05. The van der Waals surface area contributed by atoms with Crippen LogP contribution in [0.4, 0.5) is 0 Å². The van der Waals surface area contributed by atoms with Gasteiger partial charge >= 0.3 is 0 Å². The monoisotopic (exact) mass is 447 g/mol. The van der Waals surface area contributed by atoms with E-state index < -0.39 is 0 Å². The maximum atomic E-state index is 12.1. The minimum absolute atomic E-state index is 0.0100. The van der Waals surface area contributed by atoms with Gasteiger partial charge in [0.1, 0.15) is 6.10 Å². The molecular weight excluding hydrogens is 418 g/mol. The smallest absolute Gasteiger partial charge is 0.293 e. The highest BCUT2D eigenvalue weighted by Crippen LogP contribution is 2.30. The standard InChI is InChI=1S/C26H29N3O4/c1-17(2)12-19-4-10-22(11-5-19)26-27-25(28-33-26)21-8-6-20(7-9-21)15-29(18(3)31)23-13-24(14-23)32-16-30/h4-11,16-17,23-24H,12-15H2,1-3H3. The molecule has 3 aromatic rings. The molecule has 0 atom stereocenters. The molecule has 7 heteroatoms. The molecule has 0 saturated heterocycles. The van der Waals surface area contributed by atoms with Gasteiger partial charge in [0.05, 0.1) is 0 Å². The van der Waals surface area contributed by atoms with Crippen LogP contribution < -0.4 is 0 Å². The third-order valence-electron chi connectivity index (χ3n) is 6.00. The Balaban J connectivity index is 1.40. The molecule has 1 fully saturated rings. The molecule has 0 spiro atoms. The molecule has 1 amide bonds. The average molecular weight is 448 g/mol. The van der Waals surface area contributed by atoms with Crippen LogP contribution in [0.2, 0.25) is 0 Å². The van der Waals surface area contributed by atoms with Crippen molar-refractivity contribution in [3.05, 3.63) is 59.7 Å². The second-order valence-corrected chi connectivity index (χ2v) is 9.04. The topological polar surface area (TPSA) is 85.5 Å². The lowest BCUT2D eigenvalue weighted by Crippen LogP contribution is -2.49. The van der Waals surface area contributed by atoms with Gasteiger partial charge in [-0.05, 0) is 35.6 Å². The van der Waals surface area contributed by atoms with Gasteiger partial charge < -0.3 is 14.2 Å². The zero-order valence-electron chi connectivity index (χ0n) is 19.2. The number of amides is 1. The molecular formula is C26H29N3O4. The fourth-order valence-corrected chi connectivity index (χ4v) is 4.15. The number of nitrogens with zero attached hydrogens (tertiary/aromatic N) is 3. The van der Waals surface area contributed by atoms with Gasteiger partial charge in [-0.1, -0.05) is 55.4 Å². The van der Waals surface area contributed by atoms with Crippen LogP contribution in [-0.4, -0.2) is 39.6 Å². The number of aromatic nitrogens is 2. The third kappa shape index (κ3) is 5.48. The lowest BCUT2D eigenvalue weighted by atomic mass is 9.87. The van der Waals surface area contributed by atoms with Crippen molar-refractivity contribution in [2.75, 3.05) is 0 Å². The molecule has 0 bridgehead atoms. The van der Waals surface area contributed by atoms with Gasteiger partial charge in [-0.3, -0.25) is 9.59 Å². The van der Waals surface area contributed by atoms with E-state index in [0.717, 1.165) is 23.1 Å². The first-order valence-electron chi connectivity index (χ1n) is 11.3. The maximum absolute atomic E-state index is 12.1. The quantitative estimate of drug-likeness (QED) is 0.444. The molecule has 7 nitrogen and oxygen atoms in total. The van der Waals surface area contributed by atoms with Crippen molar-refractivity contribution < 1.29 is 18.8 Å². The summed E-state index contributed by atoms with van der Waals surface area (Å²) in [6, 6.07) is 16.1. The molecule has 0 radical (unpaired) electrons. The summed E-state index contributed by atoms with van der Waals surface area (Å²) in [5.74, 6) is 1.64. The van der Waals surface area contributed by atoms with Crippen molar-refractivity contribution in [3.8, 4) is 22.8 Å². The summed E-state index contributed by atoms with van der Waals surface area (Å²) in [7, 11) is 0.